The van der Waals surface area contributed by atoms with Crippen molar-refractivity contribution in [2.45, 2.75) is 12.2 Å². The second-order valence-electron chi connectivity index (χ2n) is 6.24. The summed E-state index contributed by atoms with van der Waals surface area (Å²) in [5.74, 6) is 0.510. The molecular weight excluding hydrogens is 342 g/mol. The normalized spacial score (nSPS) is 25.3. The summed E-state index contributed by atoms with van der Waals surface area (Å²) in [6.07, 6.45) is 1.07. The van der Waals surface area contributed by atoms with Crippen LogP contribution >= 0.6 is 11.6 Å². The highest BCUT2D eigenvalue weighted by atomic mass is 35.5. The Labute approximate surface area is 150 Å². The summed E-state index contributed by atoms with van der Waals surface area (Å²) in [6, 6.07) is 6.70. The first-order valence-electron chi connectivity index (χ1n) is 8.09. The number of carbonyl (C=O) groups excluding carboxylic acids is 2. The number of rotatable bonds is 3. The Morgan fingerprint density at radius 3 is 2.68 bits per heavy atom. The molecule has 0 N–H and O–H groups in total. The van der Waals surface area contributed by atoms with Crippen molar-refractivity contribution in [3.63, 3.8) is 0 Å². The first-order valence-corrected chi connectivity index (χ1v) is 8.47. The lowest BCUT2D eigenvalue weighted by Gasteiger charge is -2.40. The number of imide groups is 1. The average molecular weight is 360 g/mol. The molecule has 2 fully saturated rings. The summed E-state index contributed by atoms with van der Waals surface area (Å²) in [7, 11) is 1.68. The van der Waals surface area contributed by atoms with E-state index in [2.05, 4.69) is 11.5 Å². The van der Waals surface area contributed by atoms with E-state index in [-0.39, 0.29) is 18.5 Å². The topological polar surface area (TPSA) is 59.5 Å². The highest BCUT2D eigenvalue weighted by molar-refractivity contribution is 6.30. The molecule has 130 valence electrons. The lowest BCUT2D eigenvalue weighted by atomic mass is 10.1. The first kappa shape index (κ1) is 16.0. The SMILES string of the molecule is C=CCN1C(=O)C2C(N=C3N(c4ccc(Cl)cc4)CCN32)N(C)C1=O. The van der Waals surface area contributed by atoms with Crippen LogP contribution in [0, 0.1) is 0 Å². The molecule has 2 unspecified atom stereocenters. The van der Waals surface area contributed by atoms with E-state index >= 15 is 0 Å². The molecule has 1 aromatic rings. The van der Waals surface area contributed by atoms with Crippen LogP contribution in [0.2, 0.25) is 5.02 Å². The molecule has 4 rings (SSSR count). The van der Waals surface area contributed by atoms with Gasteiger partial charge in [-0.05, 0) is 24.3 Å². The third kappa shape index (κ3) is 2.30. The molecule has 0 spiro atoms. The smallest absolute Gasteiger partial charge is 0.325 e. The molecule has 3 aliphatic heterocycles. The number of benzene rings is 1. The van der Waals surface area contributed by atoms with Crippen molar-refractivity contribution >= 4 is 35.2 Å². The summed E-state index contributed by atoms with van der Waals surface area (Å²) < 4.78 is 0. The zero-order chi connectivity index (χ0) is 17.7. The molecule has 8 heteroatoms. The van der Waals surface area contributed by atoms with Crippen molar-refractivity contribution in [2.24, 2.45) is 4.99 Å². The van der Waals surface area contributed by atoms with E-state index in [4.69, 9.17) is 16.6 Å². The van der Waals surface area contributed by atoms with Crippen LogP contribution in [0.25, 0.3) is 0 Å². The molecule has 25 heavy (non-hydrogen) atoms. The van der Waals surface area contributed by atoms with Gasteiger partial charge in [-0.2, -0.15) is 0 Å². The zero-order valence-corrected chi connectivity index (χ0v) is 14.6. The summed E-state index contributed by atoms with van der Waals surface area (Å²) >= 11 is 5.97. The van der Waals surface area contributed by atoms with Crippen LogP contribution in [-0.4, -0.2) is 71.5 Å². The van der Waals surface area contributed by atoms with Crippen LogP contribution in [0.4, 0.5) is 10.5 Å². The average Bonchev–Trinajstić information content (AvgIpc) is 3.17. The second-order valence-corrected chi connectivity index (χ2v) is 6.68. The van der Waals surface area contributed by atoms with Gasteiger partial charge in [0, 0.05) is 37.4 Å². The molecule has 0 radical (unpaired) electrons. The largest absolute Gasteiger partial charge is 0.328 e. The molecule has 0 aromatic heterocycles. The molecule has 2 atom stereocenters. The summed E-state index contributed by atoms with van der Waals surface area (Å²) in [5.41, 5.74) is 0.966. The van der Waals surface area contributed by atoms with Crippen molar-refractivity contribution in [3.8, 4) is 0 Å². The predicted octanol–water partition coefficient (Wildman–Crippen LogP) is 1.61. The van der Waals surface area contributed by atoms with Crippen LogP contribution in [0.1, 0.15) is 0 Å². The van der Waals surface area contributed by atoms with Gasteiger partial charge in [0.05, 0.1) is 0 Å². The number of nitrogens with zero attached hydrogens (tertiary/aromatic N) is 5. The maximum atomic E-state index is 12.9. The Kier molecular flexibility index (Phi) is 3.68. The van der Waals surface area contributed by atoms with Crippen molar-refractivity contribution < 1.29 is 9.59 Å². The number of carbonyl (C=O) groups is 2. The summed E-state index contributed by atoms with van der Waals surface area (Å²) in [6.45, 7) is 5.25. The van der Waals surface area contributed by atoms with Crippen LogP contribution in [0.15, 0.2) is 41.9 Å². The molecule has 3 aliphatic rings. The van der Waals surface area contributed by atoms with Gasteiger partial charge in [-0.3, -0.25) is 9.69 Å². The van der Waals surface area contributed by atoms with E-state index in [0.717, 1.165) is 18.2 Å². The Morgan fingerprint density at radius 1 is 1.28 bits per heavy atom. The minimum atomic E-state index is -0.494. The molecule has 0 bridgehead atoms. The maximum absolute atomic E-state index is 12.9. The predicted molar refractivity (Wildman–Crippen MR) is 95.6 cm³/mol. The Balaban J connectivity index is 1.67. The molecule has 7 nitrogen and oxygen atoms in total. The number of likely N-dealkylation sites (N-methyl/N-ethyl adjacent to an activating group) is 1. The van der Waals surface area contributed by atoms with Gasteiger partial charge in [-0.25, -0.2) is 9.79 Å². The molecule has 1 aromatic carbocycles. The fourth-order valence-corrected chi connectivity index (χ4v) is 3.73. The fourth-order valence-electron chi connectivity index (χ4n) is 3.60. The standard InChI is InChI=1S/C17H18ClN5O2/c1-3-8-23-15(24)13-14(20(2)17(23)25)19-16-21(9-10-22(13)16)12-6-4-11(18)5-7-12/h3-7,13-14H,1,8-10H2,2H3. The molecule has 3 heterocycles. The summed E-state index contributed by atoms with van der Waals surface area (Å²) in [5, 5.41) is 0.669. The monoisotopic (exact) mass is 359 g/mol. The van der Waals surface area contributed by atoms with Crippen LogP contribution in [0.5, 0.6) is 0 Å². The van der Waals surface area contributed by atoms with Crippen molar-refractivity contribution in [1.82, 2.24) is 14.7 Å². The third-order valence-electron chi connectivity index (χ3n) is 4.83. The maximum Gasteiger partial charge on any atom is 0.328 e. The van der Waals surface area contributed by atoms with Crippen molar-refractivity contribution in [2.75, 3.05) is 31.6 Å². The molecular formula is C17H18ClN5O2. The van der Waals surface area contributed by atoms with E-state index in [1.54, 1.807) is 13.1 Å². The fraction of sp³-hybridized carbons (Fsp3) is 0.353. The van der Waals surface area contributed by atoms with Gasteiger partial charge in [0.25, 0.3) is 5.91 Å². The van der Waals surface area contributed by atoms with E-state index in [0.29, 0.717) is 11.6 Å². The number of urea groups is 1. The van der Waals surface area contributed by atoms with E-state index in [1.807, 2.05) is 29.2 Å². The number of fused-ring (bicyclic) bond motifs is 3. The lowest BCUT2D eigenvalue weighted by Crippen LogP contribution is -2.64. The highest BCUT2D eigenvalue weighted by Crippen LogP contribution is 2.33. The second kappa shape index (κ2) is 5.77. The number of hydrogen-bond acceptors (Lipinski definition) is 5. The zero-order valence-electron chi connectivity index (χ0n) is 13.8. The van der Waals surface area contributed by atoms with Gasteiger partial charge in [0.1, 0.15) is 0 Å². The van der Waals surface area contributed by atoms with Gasteiger partial charge in [-0.1, -0.05) is 17.7 Å². The summed E-state index contributed by atoms with van der Waals surface area (Å²) in [4.78, 5) is 36.8. The Morgan fingerprint density at radius 2 is 2.00 bits per heavy atom. The van der Waals surface area contributed by atoms with E-state index < -0.39 is 12.2 Å². The minimum absolute atomic E-state index is 0.204. The third-order valence-corrected chi connectivity index (χ3v) is 5.08. The molecule has 0 aliphatic carbocycles. The highest BCUT2D eigenvalue weighted by Gasteiger charge is 2.54. The number of hydrogen-bond donors (Lipinski definition) is 0. The van der Waals surface area contributed by atoms with Gasteiger partial charge in [0.15, 0.2) is 12.2 Å². The van der Waals surface area contributed by atoms with E-state index in [1.165, 1.54) is 9.80 Å². The molecule has 3 amide bonds. The molecule has 0 saturated carbocycles. The quantitative estimate of drug-likeness (QED) is 0.769. The minimum Gasteiger partial charge on any atom is -0.325 e. The Bertz CT molecular complexity index is 778. The van der Waals surface area contributed by atoms with E-state index in [9.17, 15) is 9.59 Å². The first-order chi connectivity index (χ1) is 12.0. The number of amides is 3. The van der Waals surface area contributed by atoms with Gasteiger partial charge in [0.2, 0.25) is 5.96 Å². The van der Waals surface area contributed by atoms with Crippen LogP contribution in [0.3, 0.4) is 0 Å². The van der Waals surface area contributed by atoms with Crippen LogP contribution < -0.4 is 4.90 Å². The number of aliphatic imine (C=N–C) groups is 1. The van der Waals surface area contributed by atoms with Gasteiger partial charge in [-0.15, -0.1) is 6.58 Å². The Hall–Kier alpha value is -2.54. The van der Waals surface area contributed by atoms with Crippen molar-refractivity contribution in [3.05, 3.63) is 41.9 Å². The van der Waals surface area contributed by atoms with Crippen molar-refractivity contribution in [1.29, 1.82) is 0 Å². The van der Waals surface area contributed by atoms with Gasteiger partial charge < -0.3 is 14.7 Å². The molecule has 2 saturated heterocycles. The lowest BCUT2D eigenvalue weighted by molar-refractivity contribution is -0.136. The van der Waals surface area contributed by atoms with Crippen LogP contribution in [-0.2, 0) is 4.79 Å². The van der Waals surface area contributed by atoms with Gasteiger partial charge >= 0.3 is 6.03 Å². The number of halogens is 1. The number of anilines is 1. The number of guanidine groups is 1.